The van der Waals surface area contributed by atoms with E-state index >= 15 is 0 Å². The summed E-state index contributed by atoms with van der Waals surface area (Å²) in [5.74, 6) is 1.59. The number of methoxy groups -OCH3 is 2. The minimum atomic E-state index is -1.28. The number of carbonyl (C=O) groups excluding carboxylic acids is 1. The van der Waals surface area contributed by atoms with Gasteiger partial charge in [0.15, 0.2) is 5.69 Å². The van der Waals surface area contributed by atoms with Crippen molar-refractivity contribution in [2.75, 3.05) is 46.3 Å². The highest BCUT2D eigenvalue weighted by molar-refractivity contribution is 5.98. The molecule has 1 amide bonds. The Morgan fingerprint density at radius 3 is 2.17 bits per heavy atom. The number of aromatic nitrogens is 2. The van der Waals surface area contributed by atoms with Gasteiger partial charge in [0.1, 0.15) is 17.0 Å². The Kier molecular flexibility index (Phi) is 11.5. The van der Waals surface area contributed by atoms with Crippen LogP contribution in [0.2, 0.25) is 0 Å². The molecular formula is C42H59N5O5. The number of nitrogens with one attached hydrogen (secondary N) is 2. The molecule has 2 aromatic carbocycles. The van der Waals surface area contributed by atoms with Gasteiger partial charge in [-0.2, -0.15) is 5.10 Å². The number of ether oxygens (including phenoxy) is 2. The van der Waals surface area contributed by atoms with E-state index in [1.165, 1.54) is 25.7 Å². The Labute approximate surface area is 309 Å². The summed E-state index contributed by atoms with van der Waals surface area (Å²) in [7, 11) is 7.38. The third-order valence-corrected chi connectivity index (χ3v) is 12.3. The first-order chi connectivity index (χ1) is 25.0. The van der Waals surface area contributed by atoms with E-state index < -0.39 is 17.4 Å². The summed E-state index contributed by atoms with van der Waals surface area (Å²) in [6.07, 6.45) is 9.35. The van der Waals surface area contributed by atoms with Crippen LogP contribution in [0.3, 0.4) is 0 Å². The number of benzene rings is 2. The number of carbonyl (C=O) groups is 2. The largest absolute Gasteiger partial charge is 0.496 e. The van der Waals surface area contributed by atoms with E-state index in [0.717, 1.165) is 62.1 Å². The van der Waals surface area contributed by atoms with Crippen LogP contribution in [0.5, 0.6) is 11.5 Å². The summed E-state index contributed by atoms with van der Waals surface area (Å²) in [6.45, 7) is 8.70. The zero-order valence-electron chi connectivity index (χ0n) is 32.2. The highest BCUT2D eigenvalue weighted by atomic mass is 16.5. The molecular weight excluding hydrogens is 654 g/mol. The topological polar surface area (TPSA) is 118 Å². The van der Waals surface area contributed by atoms with Gasteiger partial charge in [-0.1, -0.05) is 26.8 Å². The van der Waals surface area contributed by atoms with Crippen molar-refractivity contribution in [1.29, 1.82) is 0 Å². The Morgan fingerprint density at radius 1 is 0.962 bits per heavy atom. The fourth-order valence-electron chi connectivity index (χ4n) is 9.76. The predicted octanol–water partition coefficient (Wildman–Crippen LogP) is 7.54. The van der Waals surface area contributed by atoms with Gasteiger partial charge in [-0.3, -0.25) is 4.79 Å². The van der Waals surface area contributed by atoms with E-state index in [0.29, 0.717) is 40.5 Å². The van der Waals surface area contributed by atoms with Crippen LogP contribution < -0.4 is 25.0 Å². The van der Waals surface area contributed by atoms with Gasteiger partial charge >= 0.3 is 5.97 Å². The number of hydrogen-bond donors (Lipinski definition) is 3. The molecule has 4 saturated carbocycles. The lowest BCUT2D eigenvalue weighted by Crippen LogP contribution is -2.70. The van der Waals surface area contributed by atoms with Crippen molar-refractivity contribution in [2.24, 2.45) is 29.6 Å². The number of hydrogen-bond acceptors (Lipinski definition) is 7. The molecule has 4 bridgehead atoms. The van der Waals surface area contributed by atoms with Crippen LogP contribution in [0.15, 0.2) is 42.5 Å². The highest BCUT2D eigenvalue weighted by Crippen LogP contribution is 2.58. The van der Waals surface area contributed by atoms with Crippen LogP contribution in [-0.2, 0) is 4.79 Å². The van der Waals surface area contributed by atoms with Crippen LogP contribution in [0, 0.1) is 29.6 Å². The van der Waals surface area contributed by atoms with Gasteiger partial charge in [-0.05, 0) is 149 Å². The van der Waals surface area contributed by atoms with Crippen molar-refractivity contribution in [3.63, 3.8) is 0 Å². The van der Waals surface area contributed by atoms with Crippen molar-refractivity contribution in [2.45, 2.75) is 90.0 Å². The number of aliphatic carboxylic acids is 1. The predicted molar refractivity (Wildman–Crippen MR) is 206 cm³/mol. The second-order valence-corrected chi connectivity index (χ2v) is 16.1. The van der Waals surface area contributed by atoms with Crippen LogP contribution in [0.4, 0.5) is 5.69 Å². The molecule has 1 heterocycles. The molecule has 0 spiro atoms. The lowest BCUT2D eigenvalue weighted by Gasteiger charge is -2.59. The molecule has 1 unspecified atom stereocenters. The number of anilines is 1. The lowest BCUT2D eigenvalue weighted by atomic mass is 9.48. The van der Waals surface area contributed by atoms with Crippen molar-refractivity contribution in [3.8, 4) is 28.4 Å². The minimum Gasteiger partial charge on any atom is -0.496 e. The molecule has 52 heavy (non-hydrogen) atoms. The fraction of sp³-hybridized carbons (Fsp3) is 0.595. The van der Waals surface area contributed by atoms with E-state index in [1.54, 1.807) is 20.3 Å². The molecule has 282 valence electrons. The molecule has 3 aromatic rings. The average molecular weight is 714 g/mol. The van der Waals surface area contributed by atoms with Gasteiger partial charge in [0.2, 0.25) is 0 Å². The molecule has 1 aromatic heterocycles. The molecule has 3 N–H and O–H groups in total. The van der Waals surface area contributed by atoms with Gasteiger partial charge in [0, 0.05) is 19.3 Å². The number of amides is 1. The van der Waals surface area contributed by atoms with Crippen LogP contribution in [0.1, 0.15) is 101 Å². The number of carboxylic acids is 1. The van der Waals surface area contributed by atoms with E-state index in [9.17, 15) is 14.7 Å². The van der Waals surface area contributed by atoms with Crippen molar-refractivity contribution >= 4 is 17.6 Å². The van der Waals surface area contributed by atoms with Crippen LogP contribution in [0.25, 0.3) is 16.9 Å². The smallest absolute Gasteiger partial charge is 0.330 e. The van der Waals surface area contributed by atoms with E-state index in [-0.39, 0.29) is 23.4 Å². The Balaban J connectivity index is 1.36. The lowest BCUT2D eigenvalue weighted by molar-refractivity contribution is -0.163. The molecule has 0 aliphatic heterocycles. The first-order valence-electron chi connectivity index (χ1n) is 19.4. The molecule has 0 saturated heterocycles. The maximum absolute atomic E-state index is 14.3. The maximum Gasteiger partial charge on any atom is 0.330 e. The fourth-order valence-corrected chi connectivity index (χ4v) is 9.76. The summed E-state index contributed by atoms with van der Waals surface area (Å²) in [4.78, 5) is 29.8. The summed E-state index contributed by atoms with van der Waals surface area (Å²) in [6, 6.07) is 13.8. The molecule has 4 aliphatic rings. The van der Waals surface area contributed by atoms with Gasteiger partial charge in [0.05, 0.1) is 31.2 Å². The van der Waals surface area contributed by atoms with Gasteiger partial charge in [-0.25, -0.2) is 9.48 Å². The number of nitrogens with zero attached hydrogens (tertiary/aromatic N) is 3. The highest BCUT2D eigenvalue weighted by Gasteiger charge is 2.62. The number of rotatable bonds is 17. The first kappa shape index (κ1) is 37.7. The Bertz CT molecular complexity index is 1680. The molecule has 10 nitrogen and oxygen atoms in total. The number of carboxylic acid groups (broad SMARTS) is 1. The monoisotopic (exact) mass is 713 g/mol. The summed E-state index contributed by atoms with van der Waals surface area (Å²) < 4.78 is 13.5. The zero-order chi connectivity index (χ0) is 37.2. The molecule has 4 aliphatic carbocycles. The molecule has 0 radical (unpaired) electrons. The van der Waals surface area contributed by atoms with Crippen molar-refractivity contribution in [3.05, 3.63) is 53.7 Å². The van der Waals surface area contributed by atoms with Gasteiger partial charge in [-0.15, -0.1) is 0 Å². The van der Waals surface area contributed by atoms with Crippen molar-refractivity contribution < 1.29 is 24.2 Å². The summed E-state index contributed by atoms with van der Waals surface area (Å²) in [5, 5.41) is 22.1. The standard InChI is InChI=1S/C42H59N5O5/c1-26(2)33-24-32(46(5)18-10-12-27(3)11-9-17-43-4)15-16-35(33)47-36(39-37(51-6)13-8-14-38(39)52-7)25-34(45-47)40(48)44-42(41(49)50)30-20-28-19-29(22-30)23-31(42)21-28/h8,13-16,24-31,43H,9-12,17-23H2,1-7H3,(H,44,48)(H,49,50). The molecule has 7 rings (SSSR count). The van der Waals surface area contributed by atoms with Crippen molar-refractivity contribution in [1.82, 2.24) is 20.4 Å². The molecule has 1 atom stereocenters. The average Bonchev–Trinajstić information content (AvgIpc) is 3.57. The third-order valence-electron chi connectivity index (χ3n) is 12.3. The van der Waals surface area contributed by atoms with Gasteiger partial charge in [0.25, 0.3) is 5.91 Å². The summed E-state index contributed by atoms with van der Waals surface area (Å²) >= 11 is 0. The first-order valence-corrected chi connectivity index (χ1v) is 19.4. The Hall–Kier alpha value is -4.05. The van der Waals surface area contributed by atoms with E-state index in [4.69, 9.17) is 14.6 Å². The SMILES string of the molecule is CNCCCC(C)CCCN(C)c1ccc(-n2nc(C(=O)NC3(C(=O)O)C4CC5CC(C4)CC3C5)cc2-c2c(OC)cccc2OC)c(C(C)C)c1. The Morgan fingerprint density at radius 2 is 1.60 bits per heavy atom. The molecule has 4 fully saturated rings. The van der Waals surface area contributed by atoms with Gasteiger partial charge < -0.3 is 30.1 Å². The summed E-state index contributed by atoms with van der Waals surface area (Å²) in [5.41, 5.74) is 3.23. The minimum absolute atomic E-state index is 0.0697. The molecule has 10 heteroatoms. The van der Waals surface area contributed by atoms with Crippen LogP contribution >= 0.6 is 0 Å². The maximum atomic E-state index is 14.3. The second-order valence-electron chi connectivity index (χ2n) is 16.1. The quantitative estimate of drug-likeness (QED) is 0.123. The normalized spacial score (nSPS) is 23.8. The van der Waals surface area contributed by atoms with E-state index in [2.05, 4.69) is 61.6 Å². The second kappa shape index (κ2) is 15.9. The van der Waals surface area contributed by atoms with Crippen LogP contribution in [-0.4, -0.2) is 73.7 Å². The zero-order valence-corrected chi connectivity index (χ0v) is 32.2. The third kappa shape index (κ3) is 7.28. The van der Waals surface area contributed by atoms with E-state index in [1.807, 2.05) is 29.9 Å².